The minimum Gasteiger partial charge on any atom is -0.345 e. The van der Waals surface area contributed by atoms with Crippen molar-refractivity contribution in [3.05, 3.63) is 30.3 Å². The molecule has 3 aliphatic carbocycles. The Hall–Kier alpha value is -3.41. The third-order valence-electron chi connectivity index (χ3n) is 9.60. The van der Waals surface area contributed by atoms with Crippen LogP contribution >= 0.6 is 0 Å². The van der Waals surface area contributed by atoms with Gasteiger partial charge < -0.3 is 20.9 Å². The molecule has 41 heavy (non-hydrogen) atoms. The van der Waals surface area contributed by atoms with E-state index in [0.29, 0.717) is 35.8 Å². The van der Waals surface area contributed by atoms with Gasteiger partial charge in [-0.1, -0.05) is 44.9 Å². The van der Waals surface area contributed by atoms with Crippen molar-refractivity contribution in [3.63, 3.8) is 0 Å². The van der Waals surface area contributed by atoms with Crippen molar-refractivity contribution in [2.75, 3.05) is 18.4 Å². The minimum atomic E-state index is -0.735. The molecule has 1 heterocycles. The standard InChI is InChI=1S/C32H43N5O4/c1-20-10-23-11-21(2)15-32(14-20,16-23)31(41)36-27(12-22-8-9-22)30(40)34-18-28(38)37-19-24(13-26(37)17-33)29(39)35-25-6-4-3-5-7-25/h3-7,20-24,26-27H,8-16,18-19H2,1-2H3,(H,34,40)(H,35,39)(H,36,41). The van der Waals surface area contributed by atoms with E-state index in [1.165, 1.54) is 17.7 Å². The fourth-order valence-corrected chi connectivity index (χ4v) is 7.79. The summed E-state index contributed by atoms with van der Waals surface area (Å²) in [5.74, 6) is 0.440. The molecule has 1 aromatic rings. The largest absolute Gasteiger partial charge is 0.345 e. The van der Waals surface area contributed by atoms with E-state index < -0.39 is 29.3 Å². The Kier molecular flexibility index (Phi) is 8.67. The van der Waals surface area contributed by atoms with Gasteiger partial charge in [-0.2, -0.15) is 5.26 Å². The number of likely N-dealkylation sites (tertiary alicyclic amines) is 1. The summed E-state index contributed by atoms with van der Waals surface area (Å²) < 4.78 is 0. The van der Waals surface area contributed by atoms with Crippen molar-refractivity contribution in [2.24, 2.45) is 35.0 Å². The van der Waals surface area contributed by atoms with Crippen molar-refractivity contribution in [3.8, 4) is 6.07 Å². The number of rotatable bonds is 9. The number of anilines is 1. The number of carbonyl (C=O) groups excluding carboxylic acids is 4. The molecular weight excluding hydrogens is 518 g/mol. The normalized spacial score (nSPS) is 31.4. The molecule has 5 rings (SSSR count). The smallest absolute Gasteiger partial charge is 0.243 e. The first kappa shape index (κ1) is 29.1. The topological polar surface area (TPSA) is 131 Å². The van der Waals surface area contributed by atoms with E-state index in [2.05, 4.69) is 35.9 Å². The highest BCUT2D eigenvalue weighted by molar-refractivity contribution is 5.95. The van der Waals surface area contributed by atoms with Crippen molar-refractivity contribution in [1.82, 2.24) is 15.5 Å². The number of nitrogens with one attached hydrogen (secondary N) is 3. The van der Waals surface area contributed by atoms with E-state index >= 15 is 0 Å². The first-order valence-corrected chi connectivity index (χ1v) is 15.3. The molecule has 0 radical (unpaired) electrons. The van der Waals surface area contributed by atoms with Crippen molar-refractivity contribution < 1.29 is 19.2 Å². The number of hydrogen-bond acceptors (Lipinski definition) is 5. The third-order valence-corrected chi connectivity index (χ3v) is 9.60. The molecule has 1 aliphatic heterocycles. The molecule has 3 saturated carbocycles. The number of nitriles is 1. The van der Waals surface area contributed by atoms with Crippen LogP contribution in [0.3, 0.4) is 0 Å². The van der Waals surface area contributed by atoms with E-state index in [1.807, 2.05) is 18.2 Å². The molecule has 4 aliphatic rings. The van der Waals surface area contributed by atoms with Gasteiger partial charge in [-0.3, -0.25) is 19.2 Å². The fraction of sp³-hybridized carbons (Fsp3) is 0.656. The Balaban J connectivity index is 1.18. The quantitative estimate of drug-likeness (QED) is 0.424. The third kappa shape index (κ3) is 6.91. The maximum atomic E-state index is 13.8. The summed E-state index contributed by atoms with van der Waals surface area (Å²) in [5, 5.41) is 18.4. The van der Waals surface area contributed by atoms with Crippen LogP contribution < -0.4 is 16.0 Å². The van der Waals surface area contributed by atoms with Crippen LogP contribution in [0.1, 0.15) is 71.6 Å². The Bertz CT molecular complexity index is 1170. The van der Waals surface area contributed by atoms with Gasteiger partial charge in [-0.15, -0.1) is 0 Å². The van der Waals surface area contributed by atoms with Crippen LogP contribution in [-0.4, -0.2) is 53.7 Å². The summed E-state index contributed by atoms with van der Waals surface area (Å²) in [6, 6.07) is 9.78. The Morgan fingerprint density at radius 3 is 2.34 bits per heavy atom. The van der Waals surface area contributed by atoms with Crippen LogP contribution in [0.5, 0.6) is 0 Å². The molecule has 4 amide bonds. The zero-order valence-corrected chi connectivity index (χ0v) is 24.2. The van der Waals surface area contributed by atoms with Crippen LogP contribution in [0.15, 0.2) is 30.3 Å². The summed E-state index contributed by atoms with van der Waals surface area (Å²) in [6.45, 7) is 4.30. The summed E-state index contributed by atoms with van der Waals surface area (Å²) >= 11 is 0. The number of carbonyl (C=O) groups is 4. The van der Waals surface area contributed by atoms with Crippen LogP contribution in [0.25, 0.3) is 0 Å². The zero-order chi connectivity index (χ0) is 29.1. The summed E-state index contributed by atoms with van der Waals surface area (Å²) in [5.41, 5.74) is 0.246. The lowest BCUT2D eigenvalue weighted by Gasteiger charge is -2.49. The molecule has 1 aromatic carbocycles. The van der Waals surface area contributed by atoms with Crippen LogP contribution in [0.4, 0.5) is 5.69 Å². The van der Waals surface area contributed by atoms with E-state index in [0.717, 1.165) is 32.1 Å². The van der Waals surface area contributed by atoms with E-state index in [9.17, 15) is 24.4 Å². The highest BCUT2D eigenvalue weighted by Gasteiger charge is 2.50. The van der Waals surface area contributed by atoms with Gasteiger partial charge in [-0.25, -0.2) is 0 Å². The molecule has 9 nitrogen and oxygen atoms in total. The van der Waals surface area contributed by atoms with Gasteiger partial charge in [0.2, 0.25) is 23.6 Å². The predicted molar refractivity (Wildman–Crippen MR) is 154 cm³/mol. The first-order chi connectivity index (χ1) is 19.7. The lowest BCUT2D eigenvalue weighted by Crippen LogP contribution is -2.56. The molecule has 0 aromatic heterocycles. The monoisotopic (exact) mass is 561 g/mol. The Morgan fingerprint density at radius 2 is 1.71 bits per heavy atom. The van der Waals surface area contributed by atoms with Crippen molar-refractivity contribution in [2.45, 2.75) is 83.7 Å². The molecule has 220 valence electrons. The number of para-hydroxylation sites is 1. The zero-order valence-electron chi connectivity index (χ0n) is 24.2. The SMILES string of the molecule is CC1CC2CC(C)CC(C(=O)NC(CC3CC3)C(=O)NCC(=O)N3CC(C(=O)Nc4ccccc4)CC3C#N)(C1)C2. The highest BCUT2D eigenvalue weighted by Crippen LogP contribution is 2.53. The second kappa shape index (κ2) is 12.2. The number of fused-ring (bicyclic) bond motifs is 2. The molecule has 3 N–H and O–H groups in total. The highest BCUT2D eigenvalue weighted by atomic mass is 16.2. The number of benzene rings is 1. The lowest BCUT2D eigenvalue weighted by molar-refractivity contribution is -0.142. The van der Waals surface area contributed by atoms with Crippen molar-refractivity contribution in [1.29, 1.82) is 5.26 Å². The van der Waals surface area contributed by atoms with E-state index in [4.69, 9.17) is 0 Å². The van der Waals surface area contributed by atoms with Gasteiger partial charge in [0.05, 0.1) is 18.5 Å². The number of hydrogen-bond donors (Lipinski definition) is 3. The Morgan fingerprint density at radius 1 is 1.02 bits per heavy atom. The maximum Gasteiger partial charge on any atom is 0.243 e. The molecule has 5 unspecified atom stereocenters. The summed E-state index contributed by atoms with van der Waals surface area (Å²) in [6.07, 6.45) is 7.86. The second-order valence-electron chi connectivity index (χ2n) is 13.3. The van der Waals surface area contributed by atoms with Gasteiger partial charge in [0, 0.05) is 17.6 Å². The average molecular weight is 562 g/mol. The number of amides is 4. The van der Waals surface area contributed by atoms with Gasteiger partial charge in [0.25, 0.3) is 0 Å². The van der Waals surface area contributed by atoms with Crippen LogP contribution in [0.2, 0.25) is 0 Å². The van der Waals surface area contributed by atoms with Crippen LogP contribution in [0, 0.1) is 46.3 Å². The fourth-order valence-electron chi connectivity index (χ4n) is 7.79. The molecule has 4 fully saturated rings. The average Bonchev–Trinajstić information content (AvgIpc) is 3.64. The maximum absolute atomic E-state index is 13.8. The van der Waals surface area contributed by atoms with Gasteiger partial charge in [0.1, 0.15) is 12.1 Å². The first-order valence-electron chi connectivity index (χ1n) is 15.3. The summed E-state index contributed by atoms with van der Waals surface area (Å²) in [4.78, 5) is 54.4. The van der Waals surface area contributed by atoms with E-state index in [1.54, 1.807) is 12.1 Å². The molecule has 1 saturated heterocycles. The summed E-state index contributed by atoms with van der Waals surface area (Å²) in [7, 11) is 0. The van der Waals surface area contributed by atoms with Crippen molar-refractivity contribution >= 4 is 29.3 Å². The van der Waals surface area contributed by atoms with Gasteiger partial charge in [0.15, 0.2) is 0 Å². The molecule has 2 bridgehead atoms. The van der Waals surface area contributed by atoms with Gasteiger partial charge >= 0.3 is 0 Å². The minimum absolute atomic E-state index is 0.0101. The van der Waals surface area contributed by atoms with Crippen LogP contribution in [-0.2, 0) is 19.2 Å². The number of nitrogens with zero attached hydrogens (tertiary/aromatic N) is 2. The Labute approximate surface area is 242 Å². The van der Waals surface area contributed by atoms with E-state index in [-0.39, 0.29) is 37.2 Å². The molecular formula is C32H43N5O4. The molecule has 5 atom stereocenters. The second-order valence-corrected chi connectivity index (χ2v) is 13.3. The van der Waals surface area contributed by atoms with Gasteiger partial charge in [-0.05, 0) is 80.8 Å². The molecule has 9 heteroatoms. The predicted octanol–water partition coefficient (Wildman–Crippen LogP) is 3.62. The molecule has 0 spiro atoms. The lowest BCUT2D eigenvalue weighted by atomic mass is 9.56.